The van der Waals surface area contributed by atoms with Crippen LogP contribution < -0.4 is 26.6 Å². The lowest BCUT2D eigenvalue weighted by Crippen LogP contribution is -2.47. The van der Waals surface area contributed by atoms with Gasteiger partial charge in [-0.05, 0) is 36.4 Å². The number of amides is 4. The molecule has 2 aromatic rings. The number of urea groups is 1. The number of benzene rings is 2. The molecule has 166 valence electrons. The van der Waals surface area contributed by atoms with Crippen LogP contribution in [0.1, 0.15) is 15.9 Å². The molecule has 0 aliphatic heterocycles. The number of nitrogens with two attached hydrogens (primary N) is 1. The summed E-state index contributed by atoms with van der Waals surface area (Å²) < 4.78 is 65.4. The van der Waals surface area contributed by atoms with Gasteiger partial charge in [-0.2, -0.15) is 13.2 Å². The average molecular weight is 459 g/mol. The van der Waals surface area contributed by atoms with Crippen LogP contribution in [0.15, 0.2) is 53.4 Å². The molecule has 0 unspecified atom stereocenters. The second kappa shape index (κ2) is 9.34. The molecule has 0 radical (unpaired) electrons. The number of alkyl halides is 3. The van der Waals surface area contributed by atoms with Gasteiger partial charge in [0.15, 0.2) is 0 Å². The molecule has 31 heavy (non-hydrogen) atoms. The molecule has 2 aromatic carbocycles. The van der Waals surface area contributed by atoms with Crippen LogP contribution in [-0.4, -0.2) is 32.8 Å². The predicted octanol–water partition coefficient (Wildman–Crippen LogP) is 0.936. The van der Waals surface area contributed by atoms with Gasteiger partial charge in [-0.25, -0.2) is 13.2 Å². The number of carbonyl (C=O) groups is 3. The third-order valence-electron chi connectivity index (χ3n) is 3.59. The molecule has 0 fully saturated rings. The van der Waals surface area contributed by atoms with Crippen molar-refractivity contribution in [1.82, 2.24) is 16.2 Å². The minimum atomic E-state index is -4.66. The van der Waals surface area contributed by atoms with Gasteiger partial charge in [-0.3, -0.25) is 25.2 Å². The van der Waals surface area contributed by atoms with E-state index in [9.17, 15) is 36.0 Å². The Kier molecular flexibility index (Phi) is 7.07. The summed E-state index contributed by atoms with van der Waals surface area (Å²) in [6.07, 6.45) is -4.66. The minimum absolute atomic E-state index is 0.171. The van der Waals surface area contributed by atoms with E-state index >= 15 is 0 Å². The van der Waals surface area contributed by atoms with E-state index < -0.39 is 51.0 Å². The quantitative estimate of drug-likeness (QED) is 0.406. The lowest BCUT2D eigenvalue weighted by molar-refractivity contribution is -0.137. The van der Waals surface area contributed by atoms with Crippen LogP contribution in [0.4, 0.5) is 23.7 Å². The molecule has 0 aliphatic carbocycles. The average Bonchev–Trinajstić information content (AvgIpc) is 2.69. The summed E-state index contributed by atoms with van der Waals surface area (Å²) in [5.74, 6) is -1.69. The van der Waals surface area contributed by atoms with Crippen molar-refractivity contribution in [2.24, 2.45) is 5.73 Å². The van der Waals surface area contributed by atoms with Gasteiger partial charge in [0.25, 0.3) is 21.8 Å². The zero-order chi connectivity index (χ0) is 23.2. The Morgan fingerprint density at radius 2 is 1.65 bits per heavy atom. The second-order valence-electron chi connectivity index (χ2n) is 5.93. The summed E-state index contributed by atoms with van der Waals surface area (Å²) in [7, 11) is -4.33. The van der Waals surface area contributed by atoms with Crippen molar-refractivity contribution < 1.29 is 36.0 Å². The van der Waals surface area contributed by atoms with Gasteiger partial charge in [0.2, 0.25) is 0 Å². The molecule has 0 spiro atoms. The van der Waals surface area contributed by atoms with Crippen LogP contribution in [0.5, 0.6) is 0 Å². The van der Waals surface area contributed by atoms with Crippen LogP contribution in [0.2, 0.25) is 0 Å². The maximum atomic E-state index is 12.8. The first kappa shape index (κ1) is 23.5. The molecule has 2 rings (SSSR count). The monoisotopic (exact) mass is 459 g/mol. The minimum Gasteiger partial charge on any atom is -0.352 e. The van der Waals surface area contributed by atoms with Crippen molar-refractivity contribution in [3.8, 4) is 0 Å². The van der Waals surface area contributed by atoms with E-state index in [0.29, 0.717) is 6.07 Å². The molecular weight excluding hydrogens is 443 g/mol. The van der Waals surface area contributed by atoms with E-state index in [-0.39, 0.29) is 11.3 Å². The number of nitrogens with one attached hydrogen (secondary N) is 4. The normalized spacial score (nSPS) is 11.3. The number of hydrazine groups is 1. The van der Waals surface area contributed by atoms with Gasteiger partial charge in [0, 0.05) is 11.3 Å². The maximum Gasteiger partial charge on any atom is 0.416 e. The number of carbonyl (C=O) groups excluding carboxylic acids is 3. The first-order valence-corrected chi connectivity index (χ1v) is 9.79. The van der Waals surface area contributed by atoms with E-state index in [1.807, 2.05) is 20.9 Å². The molecule has 0 saturated heterocycles. The van der Waals surface area contributed by atoms with Crippen molar-refractivity contribution in [3.63, 3.8) is 0 Å². The summed E-state index contributed by atoms with van der Waals surface area (Å²) in [4.78, 5) is 33.6. The summed E-state index contributed by atoms with van der Waals surface area (Å²) >= 11 is 0. The third-order valence-corrected chi connectivity index (χ3v) is 4.97. The number of rotatable bonds is 6. The standard InChI is InChI=1S/C17H16F3N5O5S/c18-17(19,20)11-4-2-5-12(8-11)25-31(29,30)13-6-1-3-10(7-13)15(27)24-23-14(26)9-22-16(21)28/h1-8,25H,9H2,(H,23,26)(H,24,27)(H3,21,22,28). The van der Waals surface area contributed by atoms with Crippen LogP contribution in [-0.2, 0) is 21.0 Å². The van der Waals surface area contributed by atoms with Crippen molar-refractivity contribution in [2.45, 2.75) is 11.1 Å². The Balaban J connectivity index is 2.12. The van der Waals surface area contributed by atoms with Crippen LogP contribution in [0, 0.1) is 0 Å². The Labute approximate surface area is 174 Å². The number of primary amides is 1. The molecule has 14 heteroatoms. The van der Waals surface area contributed by atoms with E-state index in [1.54, 1.807) is 0 Å². The molecule has 0 saturated carbocycles. The van der Waals surface area contributed by atoms with Gasteiger partial charge >= 0.3 is 12.2 Å². The Bertz CT molecular complexity index is 1110. The van der Waals surface area contributed by atoms with E-state index in [1.165, 1.54) is 12.1 Å². The highest BCUT2D eigenvalue weighted by Gasteiger charge is 2.30. The summed E-state index contributed by atoms with van der Waals surface area (Å²) in [6.45, 7) is -0.509. The predicted molar refractivity (Wildman–Crippen MR) is 102 cm³/mol. The topological polar surface area (TPSA) is 159 Å². The van der Waals surface area contributed by atoms with Crippen LogP contribution in [0.3, 0.4) is 0 Å². The fraction of sp³-hybridized carbons (Fsp3) is 0.118. The van der Waals surface area contributed by atoms with Crippen molar-refractivity contribution in [2.75, 3.05) is 11.3 Å². The fourth-order valence-electron chi connectivity index (χ4n) is 2.19. The summed E-state index contributed by atoms with van der Waals surface area (Å²) in [5, 5.41) is 1.99. The number of anilines is 1. The summed E-state index contributed by atoms with van der Waals surface area (Å²) in [6, 6.07) is 7.20. The largest absolute Gasteiger partial charge is 0.416 e. The molecule has 0 aliphatic rings. The molecule has 0 atom stereocenters. The zero-order valence-corrected chi connectivity index (χ0v) is 16.3. The van der Waals surface area contributed by atoms with E-state index in [0.717, 1.165) is 30.3 Å². The number of hydrogen-bond acceptors (Lipinski definition) is 5. The third kappa shape index (κ3) is 6.88. The van der Waals surface area contributed by atoms with Crippen LogP contribution in [0.25, 0.3) is 0 Å². The Hall–Kier alpha value is -3.81. The van der Waals surface area contributed by atoms with Gasteiger partial charge in [0.05, 0.1) is 10.5 Å². The smallest absolute Gasteiger partial charge is 0.352 e. The zero-order valence-electron chi connectivity index (χ0n) is 15.5. The fourth-order valence-corrected chi connectivity index (χ4v) is 3.28. The number of halogens is 3. The Morgan fingerprint density at radius 1 is 0.968 bits per heavy atom. The molecular formula is C17H16F3N5O5S. The van der Waals surface area contributed by atoms with Crippen molar-refractivity contribution >= 4 is 33.6 Å². The number of sulfonamides is 1. The van der Waals surface area contributed by atoms with E-state index in [4.69, 9.17) is 5.73 Å². The van der Waals surface area contributed by atoms with E-state index in [2.05, 4.69) is 0 Å². The Morgan fingerprint density at radius 3 is 2.29 bits per heavy atom. The molecule has 0 bridgehead atoms. The van der Waals surface area contributed by atoms with Gasteiger partial charge < -0.3 is 11.1 Å². The SMILES string of the molecule is NC(=O)NCC(=O)NNC(=O)c1cccc(S(=O)(=O)Nc2cccc(C(F)(F)F)c2)c1. The second-order valence-corrected chi connectivity index (χ2v) is 7.61. The maximum absolute atomic E-state index is 12.8. The highest BCUT2D eigenvalue weighted by Crippen LogP contribution is 2.31. The van der Waals surface area contributed by atoms with Crippen LogP contribution >= 0.6 is 0 Å². The summed E-state index contributed by atoms with van der Waals surface area (Å²) in [5.41, 5.74) is 7.24. The highest BCUT2D eigenvalue weighted by atomic mass is 32.2. The molecule has 0 aromatic heterocycles. The molecule has 0 heterocycles. The molecule has 10 nitrogen and oxygen atoms in total. The number of hydrogen-bond donors (Lipinski definition) is 5. The first-order chi connectivity index (χ1) is 14.4. The highest BCUT2D eigenvalue weighted by molar-refractivity contribution is 7.92. The lowest BCUT2D eigenvalue weighted by Gasteiger charge is -2.12. The van der Waals surface area contributed by atoms with Crippen molar-refractivity contribution in [1.29, 1.82) is 0 Å². The molecule has 6 N–H and O–H groups in total. The molecule has 4 amide bonds. The van der Waals surface area contributed by atoms with Gasteiger partial charge in [-0.15, -0.1) is 0 Å². The van der Waals surface area contributed by atoms with Gasteiger partial charge in [-0.1, -0.05) is 12.1 Å². The lowest BCUT2D eigenvalue weighted by atomic mass is 10.2. The van der Waals surface area contributed by atoms with Crippen molar-refractivity contribution in [3.05, 3.63) is 59.7 Å². The first-order valence-electron chi connectivity index (χ1n) is 8.31. The van der Waals surface area contributed by atoms with Gasteiger partial charge in [0.1, 0.15) is 6.54 Å².